The van der Waals surface area contributed by atoms with Crippen LogP contribution in [0.5, 0.6) is 0 Å². The van der Waals surface area contributed by atoms with Gasteiger partial charge in [-0.25, -0.2) is 9.59 Å². The Morgan fingerprint density at radius 1 is 1.35 bits per heavy atom. The second kappa shape index (κ2) is 5.88. The van der Waals surface area contributed by atoms with Crippen molar-refractivity contribution in [3.8, 4) is 11.3 Å². The van der Waals surface area contributed by atoms with Gasteiger partial charge >= 0.3 is 11.7 Å². The lowest BCUT2D eigenvalue weighted by Crippen LogP contribution is -2.23. The van der Waals surface area contributed by atoms with Gasteiger partial charge < -0.3 is 9.30 Å². The number of aryl methyl sites for hydroxylation is 1. The number of benzene rings is 1. The average molecular weight is 293 g/mol. The summed E-state index contributed by atoms with van der Waals surface area (Å²) in [7, 11) is 1.53. The first-order valence-corrected chi connectivity index (χ1v) is 6.41. The van der Waals surface area contributed by atoms with E-state index in [-0.39, 0.29) is 12.2 Å². The number of hydrogen-bond donors (Lipinski definition) is 0. The molecule has 0 radical (unpaired) electrons. The molecule has 0 atom stereocenters. The Balaban J connectivity index is 2.61. The number of halogens is 1. The average Bonchev–Trinajstić information content (AvgIpc) is 2.42. The molecule has 0 saturated carbocycles. The number of carbonyl (C=O) groups excluding carboxylic acids is 1. The molecule has 0 N–H and O–H groups in total. The monoisotopic (exact) mass is 292 g/mol. The molecule has 0 unspecified atom stereocenters. The molecule has 0 amide bonds. The van der Waals surface area contributed by atoms with Gasteiger partial charge in [0.15, 0.2) is 0 Å². The first-order chi connectivity index (χ1) is 9.52. The largest absolute Gasteiger partial charge is 0.462 e. The maximum absolute atomic E-state index is 12.0. The van der Waals surface area contributed by atoms with Crippen molar-refractivity contribution in [2.24, 2.45) is 7.05 Å². The summed E-state index contributed by atoms with van der Waals surface area (Å²) in [6.45, 7) is 1.97. The van der Waals surface area contributed by atoms with Crippen molar-refractivity contribution in [3.63, 3.8) is 0 Å². The molecule has 0 fully saturated rings. The number of aromatic nitrogens is 2. The van der Waals surface area contributed by atoms with E-state index >= 15 is 0 Å². The third kappa shape index (κ3) is 2.88. The highest BCUT2D eigenvalue weighted by Gasteiger charge is 2.17. The smallest absolute Gasteiger partial charge is 0.347 e. The van der Waals surface area contributed by atoms with E-state index in [0.717, 1.165) is 0 Å². The van der Waals surface area contributed by atoms with Gasteiger partial charge in [-0.1, -0.05) is 23.7 Å². The summed E-state index contributed by atoms with van der Waals surface area (Å²) in [5.74, 6) is -0.513. The highest BCUT2D eigenvalue weighted by molar-refractivity contribution is 6.30. The highest BCUT2D eigenvalue weighted by atomic mass is 35.5. The van der Waals surface area contributed by atoms with Crippen LogP contribution < -0.4 is 5.69 Å². The predicted molar refractivity (Wildman–Crippen MR) is 75.9 cm³/mol. The van der Waals surface area contributed by atoms with Gasteiger partial charge in [-0.15, -0.1) is 0 Å². The van der Waals surface area contributed by atoms with E-state index < -0.39 is 11.7 Å². The van der Waals surface area contributed by atoms with Crippen molar-refractivity contribution >= 4 is 17.6 Å². The molecule has 1 aromatic heterocycles. The van der Waals surface area contributed by atoms with Gasteiger partial charge in [0.05, 0.1) is 12.3 Å². The lowest BCUT2D eigenvalue weighted by molar-refractivity contribution is 0.0525. The number of nitrogens with zero attached hydrogens (tertiary/aromatic N) is 2. The second-order valence-electron chi connectivity index (χ2n) is 4.12. The molecule has 20 heavy (non-hydrogen) atoms. The molecule has 6 heteroatoms. The third-order valence-corrected chi connectivity index (χ3v) is 2.95. The number of rotatable bonds is 3. The molecule has 104 valence electrons. The van der Waals surface area contributed by atoms with E-state index in [4.69, 9.17) is 16.3 Å². The Morgan fingerprint density at radius 2 is 2.00 bits per heavy atom. The van der Waals surface area contributed by atoms with Crippen molar-refractivity contribution in [1.29, 1.82) is 0 Å². The van der Waals surface area contributed by atoms with Crippen LogP contribution in [0, 0.1) is 0 Å². The van der Waals surface area contributed by atoms with Crippen LogP contribution in [-0.2, 0) is 11.8 Å². The van der Waals surface area contributed by atoms with Crippen LogP contribution in [0.15, 0.2) is 35.3 Å². The molecule has 0 saturated heterocycles. The molecule has 0 aliphatic carbocycles. The molecular formula is C14H13ClN2O3. The Morgan fingerprint density at radius 3 is 2.60 bits per heavy atom. The summed E-state index contributed by atoms with van der Waals surface area (Å²) in [6.07, 6.45) is 1.43. The van der Waals surface area contributed by atoms with Gasteiger partial charge in [0.2, 0.25) is 0 Å². The van der Waals surface area contributed by atoms with Gasteiger partial charge in [0, 0.05) is 23.8 Å². The Hall–Kier alpha value is -2.14. The predicted octanol–water partition coefficient (Wildman–Crippen LogP) is 2.28. The highest BCUT2D eigenvalue weighted by Crippen LogP contribution is 2.22. The zero-order valence-electron chi connectivity index (χ0n) is 11.1. The summed E-state index contributed by atoms with van der Waals surface area (Å²) >= 11 is 5.83. The number of carbonyl (C=O) groups is 1. The zero-order valence-corrected chi connectivity index (χ0v) is 11.8. The first-order valence-electron chi connectivity index (χ1n) is 6.03. The van der Waals surface area contributed by atoms with Gasteiger partial charge in [0.1, 0.15) is 5.56 Å². The maximum Gasteiger partial charge on any atom is 0.347 e. The molecule has 2 aromatic rings. The molecule has 5 nitrogen and oxygen atoms in total. The Labute approximate surface area is 120 Å². The van der Waals surface area contributed by atoms with E-state index in [1.165, 1.54) is 17.8 Å². The fraction of sp³-hybridized carbons (Fsp3) is 0.214. The van der Waals surface area contributed by atoms with E-state index in [1.807, 2.05) is 0 Å². The van der Waals surface area contributed by atoms with Crippen molar-refractivity contribution < 1.29 is 9.53 Å². The summed E-state index contributed by atoms with van der Waals surface area (Å²) in [6, 6.07) is 6.75. The third-order valence-electron chi connectivity index (χ3n) is 2.70. The van der Waals surface area contributed by atoms with E-state index in [9.17, 15) is 9.59 Å². The molecule has 0 aliphatic heterocycles. The SMILES string of the molecule is CCOC(=O)c1cn(C)c(=O)nc1-c1ccc(Cl)cc1. The summed E-state index contributed by atoms with van der Waals surface area (Å²) in [4.78, 5) is 27.6. The fourth-order valence-electron chi connectivity index (χ4n) is 1.73. The first kappa shape index (κ1) is 14.3. The van der Waals surface area contributed by atoms with Crippen LogP contribution in [0.3, 0.4) is 0 Å². The van der Waals surface area contributed by atoms with E-state index in [1.54, 1.807) is 31.2 Å². The quantitative estimate of drug-likeness (QED) is 0.814. The normalized spacial score (nSPS) is 10.3. The summed E-state index contributed by atoms with van der Waals surface area (Å²) < 4.78 is 6.23. The van der Waals surface area contributed by atoms with Crippen LogP contribution in [0.1, 0.15) is 17.3 Å². The van der Waals surface area contributed by atoms with Crippen LogP contribution in [0.2, 0.25) is 5.02 Å². The Bertz CT molecular complexity index is 693. The molecular weight excluding hydrogens is 280 g/mol. The molecule has 0 bridgehead atoms. The minimum atomic E-state index is -0.513. The van der Waals surface area contributed by atoms with Gasteiger partial charge in [0.25, 0.3) is 0 Å². The fourth-order valence-corrected chi connectivity index (χ4v) is 1.86. The van der Waals surface area contributed by atoms with Crippen LogP contribution in [0.25, 0.3) is 11.3 Å². The standard InChI is InChI=1S/C14H13ClN2O3/c1-3-20-13(18)11-8-17(2)14(19)16-12(11)9-4-6-10(15)7-5-9/h4-8H,3H2,1-2H3. The number of ether oxygens (including phenoxy) is 1. The Kier molecular flexibility index (Phi) is 4.20. The van der Waals surface area contributed by atoms with Crippen LogP contribution in [-0.4, -0.2) is 22.1 Å². The molecule has 0 spiro atoms. The van der Waals surface area contributed by atoms with Crippen molar-refractivity contribution in [3.05, 3.63) is 51.5 Å². The van der Waals surface area contributed by atoms with Crippen LogP contribution in [0.4, 0.5) is 0 Å². The van der Waals surface area contributed by atoms with Crippen molar-refractivity contribution in [1.82, 2.24) is 9.55 Å². The molecule has 2 rings (SSSR count). The molecule has 1 heterocycles. The number of hydrogen-bond acceptors (Lipinski definition) is 4. The van der Waals surface area contributed by atoms with E-state index in [0.29, 0.717) is 16.3 Å². The van der Waals surface area contributed by atoms with Gasteiger partial charge in [-0.05, 0) is 19.1 Å². The summed E-state index contributed by atoms with van der Waals surface area (Å²) in [5.41, 5.74) is 0.734. The molecule has 1 aromatic carbocycles. The minimum absolute atomic E-state index is 0.247. The van der Waals surface area contributed by atoms with Crippen molar-refractivity contribution in [2.45, 2.75) is 6.92 Å². The zero-order chi connectivity index (χ0) is 14.7. The van der Waals surface area contributed by atoms with E-state index in [2.05, 4.69) is 4.98 Å². The van der Waals surface area contributed by atoms with Gasteiger partial charge in [-0.2, -0.15) is 4.98 Å². The lowest BCUT2D eigenvalue weighted by atomic mass is 10.1. The summed E-state index contributed by atoms with van der Waals surface area (Å²) in [5, 5.41) is 0.565. The maximum atomic E-state index is 12.0. The van der Waals surface area contributed by atoms with Crippen molar-refractivity contribution in [2.75, 3.05) is 6.61 Å². The number of esters is 1. The molecule has 0 aliphatic rings. The van der Waals surface area contributed by atoms with Gasteiger partial charge in [-0.3, -0.25) is 0 Å². The lowest BCUT2D eigenvalue weighted by Gasteiger charge is -2.09. The van der Waals surface area contributed by atoms with Crippen LogP contribution >= 0.6 is 11.6 Å². The topological polar surface area (TPSA) is 61.2 Å². The second-order valence-corrected chi connectivity index (χ2v) is 4.56. The minimum Gasteiger partial charge on any atom is -0.462 e.